The zero-order valence-electron chi connectivity index (χ0n) is 12.5. The Bertz CT molecular complexity index is 582. The molecule has 0 saturated heterocycles. The molecule has 0 fully saturated rings. The van der Waals surface area contributed by atoms with E-state index in [-0.39, 0.29) is 5.91 Å². The number of carbonyl (C=O) groups is 1. The first-order valence-electron chi connectivity index (χ1n) is 6.88. The predicted octanol–water partition coefficient (Wildman–Crippen LogP) is 0.579. The first-order valence-corrected chi connectivity index (χ1v) is 6.88. The molecule has 0 saturated carbocycles. The number of tetrazole rings is 1. The van der Waals surface area contributed by atoms with E-state index in [2.05, 4.69) is 20.7 Å². The zero-order valence-corrected chi connectivity index (χ0v) is 12.5. The quantitative estimate of drug-likeness (QED) is 0.841. The van der Waals surface area contributed by atoms with Crippen LogP contribution in [0.15, 0.2) is 30.3 Å². The van der Waals surface area contributed by atoms with Crippen molar-refractivity contribution in [1.82, 2.24) is 30.4 Å². The van der Waals surface area contributed by atoms with E-state index in [9.17, 15) is 4.79 Å². The molecular weight excluding hydrogens is 268 g/mol. The number of nitrogens with zero attached hydrogens (tertiary/aromatic N) is 5. The summed E-state index contributed by atoms with van der Waals surface area (Å²) in [7, 11) is 3.62. The molecule has 1 N–H and O–H groups in total. The van der Waals surface area contributed by atoms with E-state index in [4.69, 9.17) is 0 Å². The average Bonchev–Trinajstić information content (AvgIpc) is 3.02. The van der Waals surface area contributed by atoms with Gasteiger partial charge in [-0.2, -0.15) is 4.80 Å². The standard InChI is InChI=1S/C14H20N6O/c1-11(14(21)19(3)10-9-15-2)20-17-13(16-18-20)12-7-5-4-6-8-12/h4-8,11,15H,9-10H2,1-3H3. The number of hydrogen-bond donors (Lipinski definition) is 1. The van der Waals surface area contributed by atoms with Gasteiger partial charge in [-0.15, -0.1) is 10.2 Å². The van der Waals surface area contributed by atoms with Crippen LogP contribution in [-0.2, 0) is 4.79 Å². The monoisotopic (exact) mass is 288 g/mol. The fraction of sp³-hybridized carbons (Fsp3) is 0.429. The normalized spacial score (nSPS) is 12.1. The van der Waals surface area contributed by atoms with Crippen LogP contribution in [0.2, 0.25) is 0 Å². The molecule has 1 aromatic carbocycles. The van der Waals surface area contributed by atoms with Crippen LogP contribution in [0.3, 0.4) is 0 Å². The zero-order chi connectivity index (χ0) is 15.2. The van der Waals surface area contributed by atoms with Gasteiger partial charge in [-0.05, 0) is 19.2 Å². The highest BCUT2D eigenvalue weighted by atomic mass is 16.2. The lowest BCUT2D eigenvalue weighted by Gasteiger charge is -2.20. The molecule has 7 nitrogen and oxygen atoms in total. The van der Waals surface area contributed by atoms with Crippen molar-refractivity contribution >= 4 is 5.91 Å². The van der Waals surface area contributed by atoms with Crippen LogP contribution >= 0.6 is 0 Å². The van der Waals surface area contributed by atoms with Crippen molar-refractivity contribution in [2.45, 2.75) is 13.0 Å². The first-order chi connectivity index (χ1) is 10.1. The second-order valence-corrected chi connectivity index (χ2v) is 4.84. The van der Waals surface area contributed by atoms with E-state index in [1.807, 2.05) is 37.4 Å². The Morgan fingerprint density at radius 2 is 2.10 bits per heavy atom. The molecule has 0 aliphatic rings. The van der Waals surface area contributed by atoms with Crippen LogP contribution in [0.25, 0.3) is 11.4 Å². The van der Waals surface area contributed by atoms with Crippen molar-refractivity contribution in [3.63, 3.8) is 0 Å². The van der Waals surface area contributed by atoms with Crippen LogP contribution in [0.1, 0.15) is 13.0 Å². The maximum absolute atomic E-state index is 12.3. The van der Waals surface area contributed by atoms with Gasteiger partial charge in [0.2, 0.25) is 11.7 Å². The van der Waals surface area contributed by atoms with Crippen molar-refractivity contribution < 1.29 is 4.79 Å². The number of likely N-dealkylation sites (N-methyl/N-ethyl adjacent to an activating group) is 2. The fourth-order valence-corrected chi connectivity index (χ4v) is 1.90. The summed E-state index contributed by atoms with van der Waals surface area (Å²) < 4.78 is 0. The SMILES string of the molecule is CNCCN(C)C(=O)C(C)n1nnc(-c2ccccc2)n1. The van der Waals surface area contributed by atoms with E-state index >= 15 is 0 Å². The molecule has 1 unspecified atom stereocenters. The molecule has 2 rings (SSSR count). The Morgan fingerprint density at radius 1 is 1.38 bits per heavy atom. The molecule has 1 atom stereocenters. The number of benzene rings is 1. The van der Waals surface area contributed by atoms with Gasteiger partial charge in [0.1, 0.15) is 6.04 Å². The van der Waals surface area contributed by atoms with Crippen LogP contribution < -0.4 is 5.32 Å². The third kappa shape index (κ3) is 3.63. The summed E-state index contributed by atoms with van der Waals surface area (Å²) in [5, 5.41) is 15.3. The lowest BCUT2D eigenvalue weighted by molar-refractivity contribution is -0.133. The third-order valence-corrected chi connectivity index (χ3v) is 3.24. The van der Waals surface area contributed by atoms with Gasteiger partial charge < -0.3 is 10.2 Å². The molecule has 2 aromatic rings. The van der Waals surface area contributed by atoms with Gasteiger partial charge in [0.05, 0.1) is 0 Å². The van der Waals surface area contributed by atoms with E-state index in [0.717, 1.165) is 12.1 Å². The molecule has 7 heteroatoms. The number of carbonyl (C=O) groups excluding carboxylic acids is 1. The summed E-state index contributed by atoms with van der Waals surface area (Å²) in [5.41, 5.74) is 0.881. The summed E-state index contributed by atoms with van der Waals surface area (Å²) in [6, 6.07) is 9.10. The second-order valence-electron chi connectivity index (χ2n) is 4.84. The molecule has 0 bridgehead atoms. The van der Waals surface area contributed by atoms with Gasteiger partial charge in [0.15, 0.2) is 0 Å². The number of amides is 1. The summed E-state index contributed by atoms with van der Waals surface area (Å²) in [5.74, 6) is 0.482. The molecule has 21 heavy (non-hydrogen) atoms. The van der Waals surface area contributed by atoms with Gasteiger partial charge >= 0.3 is 0 Å². The van der Waals surface area contributed by atoms with Gasteiger partial charge in [-0.25, -0.2) is 0 Å². The highest BCUT2D eigenvalue weighted by Gasteiger charge is 2.21. The Hall–Kier alpha value is -2.28. The molecule has 1 aromatic heterocycles. The highest BCUT2D eigenvalue weighted by molar-refractivity contribution is 5.79. The number of rotatable bonds is 6. The lowest BCUT2D eigenvalue weighted by Crippen LogP contribution is -2.37. The van der Waals surface area contributed by atoms with Crippen LogP contribution in [-0.4, -0.2) is 58.2 Å². The minimum absolute atomic E-state index is 0.0396. The Kier molecular flexibility index (Phi) is 4.99. The number of aromatic nitrogens is 4. The van der Waals surface area contributed by atoms with Crippen molar-refractivity contribution in [3.05, 3.63) is 30.3 Å². The Balaban J connectivity index is 2.08. The van der Waals surface area contributed by atoms with Crippen LogP contribution in [0.4, 0.5) is 0 Å². The van der Waals surface area contributed by atoms with Gasteiger partial charge in [-0.1, -0.05) is 30.3 Å². The summed E-state index contributed by atoms with van der Waals surface area (Å²) >= 11 is 0. The van der Waals surface area contributed by atoms with E-state index in [1.54, 1.807) is 18.9 Å². The number of nitrogens with one attached hydrogen (secondary N) is 1. The first kappa shape index (κ1) is 15.1. The average molecular weight is 288 g/mol. The molecule has 1 amide bonds. The fourth-order valence-electron chi connectivity index (χ4n) is 1.90. The number of hydrogen-bond acceptors (Lipinski definition) is 5. The van der Waals surface area contributed by atoms with Crippen molar-refractivity contribution in [2.75, 3.05) is 27.2 Å². The molecule has 0 aliphatic carbocycles. The summed E-state index contributed by atoms with van der Waals surface area (Å²) in [6.45, 7) is 3.16. The molecule has 0 aliphatic heterocycles. The van der Waals surface area contributed by atoms with Crippen LogP contribution in [0, 0.1) is 0 Å². The maximum atomic E-state index is 12.3. The highest BCUT2D eigenvalue weighted by Crippen LogP contribution is 2.14. The Labute approximate surface area is 123 Å². The van der Waals surface area contributed by atoms with E-state index in [1.165, 1.54) is 4.80 Å². The third-order valence-electron chi connectivity index (χ3n) is 3.24. The lowest BCUT2D eigenvalue weighted by atomic mass is 10.2. The second kappa shape index (κ2) is 6.94. The van der Waals surface area contributed by atoms with Crippen molar-refractivity contribution in [3.8, 4) is 11.4 Å². The van der Waals surface area contributed by atoms with E-state index < -0.39 is 6.04 Å². The van der Waals surface area contributed by atoms with Crippen molar-refractivity contribution in [1.29, 1.82) is 0 Å². The minimum atomic E-state index is -0.475. The largest absolute Gasteiger partial charge is 0.343 e. The van der Waals surface area contributed by atoms with Crippen molar-refractivity contribution in [2.24, 2.45) is 0 Å². The van der Waals surface area contributed by atoms with Crippen LogP contribution in [0.5, 0.6) is 0 Å². The molecule has 112 valence electrons. The van der Waals surface area contributed by atoms with Gasteiger partial charge in [0, 0.05) is 25.7 Å². The van der Waals surface area contributed by atoms with Gasteiger partial charge in [-0.3, -0.25) is 4.79 Å². The van der Waals surface area contributed by atoms with Gasteiger partial charge in [0.25, 0.3) is 0 Å². The summed E-state index contributed by atoms with van der Waals surface area (Å²) in [4.78, 5) is 15.3. The minimum Gasteiger partial charge on any atom is -0.343 e. The molecule has 0 radical (unpaired) electrons. The molecular formula is C14H20N6O. The molecule has 0 spiro atoms. The smallest absolute Gasteiger partial charge is 0.248 e. The predicted molar refractivity (Wildman–Crippen MR) is 79.5 cm³/mol. The molecule has 1 heterocycles. The van der Waals surface area contributed by atoms with E-state index in [0.29, 0.717) is 12.4 Å². The Morgan fingerprint density at radius 3 is 2.76 bits per heavy atom. The maximum Gasteiger partial charge on any atom is 0.248 e. The summed E-state index contributed by atoms with van der Waals surface area (Å²) in [6.07, 6.45) is 0. The topological polar surface area (TPSA) is 75.9 Å².